The first-order valence-corrected chi connectivity index (χ1v) is 9.21. The van der Waals surface area contributed by atoms with E-state index in [9.17, 15) is 4.79 Å². The molecule has 9 heteroatoms. The first-order valence-electron chi connectivity index (χ1n) is 9.21. The lowest BCUT2D eigenvalue weighted by Crippen LogP contribution is -2.48. The summed E-state index contributed by atoms with van der Waals surface area (Å²) in [6.07, 6.45) is 6.82. The average Bonchev–Trinajstić information content (AvgIpc) is 3.22. The number of halogens is 1. The smallest absolute Gasteiger partial charge is 0.409 e. The van der Waals surface area contributed by atoms with E-state index in [1.54, 1.807) is 17.4 Å². The molecule has 1 saturated heterocycles. The summed E-state index contributed by atoms with van der Waals surface area (Å²) < 4.78 is 7.00. The van der Waals surface area contributed by atoms with Crippen molar-refractivity contribution in [3.63, 3.8) is 0 Å². The molecule has 0 spiro atoms. The number of para-hydroxylation sites is 1. The van der Waals surface area contributed by atoms with Crippen LogP contribution in [0.2, 0.25) is 0 Å². The molecule has 8 nitrogen and oxygen atoms in total. The highest BCUT2D eigenvalue weighted by Gasteiger charge is 2.23. The third-order valence-electron chi connectivity index (χ3n) is 4.57. The number of nitrogens with zero attached hydrogens (tertiary/aromatic N) is 4. The van der Waals surface area contributed by atoms with E-state index < -0.39 is 0 Å². The number of carbonyl (C=O) groups excluding carboxylic acids is 1. The summed E-state index contributed by atoms with van der Waals surface area (Å²) in [7, 11) is 0. The Morgan fingerprint density at radius 3 is 2.79 bits per heavy atom. The van der Waals surface area contributed by atoms with Gasteiger partial charge in [0, 0.05) is 31.5 Å². The summed E-state index contributed by atoms with van der Waals surface area (Å²) in [5.41, 5.74) is 8.18. The number of ether oxygens (including phenoxy) is 1. The van der Waals surface area contributed by atoms with Crippen LogP contribution >= 0.6 is 24.0 Å². The van der Waals surface area contributed by atoms with Crippen molar-refractivity contribution in [2.24, 2.45) is 10.7 Å². The summed E-state index contributed by atoms with van der Waals surface area (Å²) in [5.74, 6) is 0.421. The van der Waals surface area contributed by atoms with Gasteiger partial charge in [0.15, 0.2) is 5.96 Å². The number of nitrogens with two attached hydrogens (primary N) is 1. The van der Waals surface area contributed by atoms with Gasteiger partial charge in [-0.15, -0.1) is 24.0 Å². The lowest BCUT2D eigenvalue weighted by molar-refractivity contribution is 0.0963. The summed E-state index contributed by atoms with van der Waals surface area (Å²) in [6, 6.07) is 8.25. The summed E-state index contributed by atoms with van der Waals surface area (Å²) in [4.78, 5) is 22.1. The molecule has 152 valence electrons. The number of carbonyl (C=O) groups is 1. The number of rotatable bonds is 5. The second-order valence-electron chi connectivity index (χ2n) is 6.40. The number of likely N-dealkylation sites (tertiary alicyclic amines) is 1. The summed E-state index contributed by atoms with van der Waals surface area (Å²) in [6.45, 7) is 4.01. The van der Waals surface area contributed by atoms with Crippen LogP contribution in [0.15, 0.2) is 48.0 Å². The molecule has 1 aliphatic rings. The van der Waals surface area contributed by atoms with Gasteiger partial charge in [0.25, 0.3) is 0 Å². The maximum absolute atomic E-state index is 11.7. The Morgan fingerprint density at radius 1 is 1.36 bits per heavy atom. The van der Waals surface area contributed by atoms with Gasteiger partial charge >= 0.3 is 6.09 Å². The van der Waals surface area contributed by atoms with Crippen molar-refractivity contribution in [1.29, 1.82) is 0 Å². The zero-order valence-electron chi connectivity index (χ0n) is 16.0. The van der Waals surface area contributed by atoms with E-state index in [0.29, 0.717) is 32.2 Å². The molecule has 2 aromatic rings. The second-order valence-corrected chi connectivity index (χ2v) is 6.40. The zero-order chi connectivity index (χ0) is 19.1. The molecule has 28 heavy (non-hydrogen) atoms. The third-order valence-corrected chi connectivity index (χ3v) is 4.57. The molecule has 0 atom stereocenters. The molecule has 0 aliphatic carbocycles. The number of amides is 1. The Bertz CT molecular complexity index is 772. The molecule has 0 bridgehead atoms. The van der Waals surface area contributed by atoms with Crippen molar-refractivity contribution in [3.8, 4) is 5.69 Å². The molecule has 1 amide bonds. The van der Waals surface area contributed by atoms with Crippen molar-refractivity contribution in [1.82, 2.24) is 19.8 Å². The van der Waals surface area contributed by atoms with Crippen LogP contribution in [0.5, 0.6) is 0 Å². The van der Waals surface area contributed by atoms with Crippen LogP contribution in [0, 0.1) is 0 Å². The SMILES string of the molecule is CCOC(=O)N1CCC(NC(N)=NCc2ccccc2-n2ccnc2)CC1.I. The fourth-order valence-electron chi connectivity index (χ4n) is 3.14. The average molecular weight is 498 g/mol. The maximum Gasteiger partial charge on any atom is 0.409 e. The van der Waals surface area contributed by atoms with Crippen molar-refractivity contribution in [2.75, 3.05) is 19.7 Å². The number of nitrogens with one attached hydrogen (secondary N) is 1. The summed E-state index contributed by atoms with van der Waals surface area (Å²) >= 11 is 0. The zero-order valence-corrected chi connectivity index (χ0v) is 18.3. The normalized spacial score (nSPS) is 15.0. The van der Waals surface area contributed by atoms with Crippen LogP contribution in [-0.2, 0) is 11.3 Å². The van der Waals surface area contributed by atoms with Crippen LogP contribution in [0.4, 0.5) is 4.79 Å². The fourth-order valence-corrected chi connectivity index (χ4v) is 3.14. The fraction of sp³-hybridized carbons (Fsp3) is 0.421. The predicted octanol–water partition coefficient (Wildman–Crippen LogP) is 2.52. The molecule has 0 radical (unpaired) electrons. The van der Waals surface area contributed by atoms with Gasteiger partial charge in [-0.1, -0.05) is 18.2 Å². The van der Waals surface area contributed by atoms with Gasteiger partial charge < -0.3 is 25.3 Å². The largest absolute Gasteiger partial charge is 0.450 e. The van der Waals surface area contributed by atoms with E-state index >= 15 is 0 Å². The van der Waals surface area contributed by atoms with Crippen LogP contribution in [-0.4, -0.2) is 52.2 Å². The quantitative estimate of drug-likeness (QED) is 0.375. The van der Waals surface area contributed by atoms with Crippen LogP contribution in [0.3, 0.4) is 0 Å². The van der Waals surface area contributed by atoms with E-state index in [1.807, 2.05) is 42.0 Å². The van der Waals surface area contributed by atoms with Gasteiger partial charge in [-0.25, -0.2) is 14.8 Å². The molecule has 1 fully saturated rings. The first-order chi connectivity index (χ1) is 13.2. The monoisotopic (exact) mass is 498 g/mol. The number of guanidine groups is 1. The van der Waals surface area contributed by atoms with E-state index in [-0.39, 0.29) is 36.1 Å². The summed E-state index contributed by atoms with van der Waals surface area (Å²) in [5, 5.41) is 3.26. The lowest BCUT2D eigenvalue weighted by Gasteiger charge is -2.31. The lowest BCUT2D eigenvalue weighted by atomic mass is 10.1. The highest BCUT2D eigenvalue weighted by molar-refractivity contribution is 14.0. The van der Waals surface area contributed by atoms with Crippen molar-refractivity contribution in [2.45, 2.75) is 32.4 Å². The molecule has 3 N–H and O–H groups in total. The molecule has 0 unspecified atom stereocenters. The van der Waals surface area contributed by atoms with Gasteiger partial charge in [0.1, 0.15) is 0 Å². The van der Waals surface area contributed by atoms with Gasteiger partial charge in [0.2, 0.25) is 0 Å². The van der Waals surface area contributed by atoms with Gasteiger partial charge in [-0.2, -0.15) is 0 Å². The highest BCUT2D eigenvalue weighted by Crippen LogP contribution is 2.15. The number of benzene rings is 1. The number of hydrogen-bond donors (Lipinski definition) is 2. The van der Waals surface area contributed by atoms with E-state index in [1.165, 1.54) is 0 Å². The number of aromatic nitrogens is 2. The van der Waals surface area contributed by atoms with Gasteiger partial charge in [-0.05, 0) is 31.4 Å². The Kier molecular flexibility index (Phi) is 8.55. The Labute approximate surface area is 182 Å². The second kappa shape index (κ2) is 10.9. The third kappa shape index (κ3) is 5.85. The topological polar surface area (TPSA) is 97.8 Å². The van der Waals surface area contributed by atoms with Crippen molar-refractivity contribution < 1.29 is 9.53 Å². The number of piperidine rings is 1. The van der Waals surface area contributed by atoms with Gasteiger partial charge in [-0.3, -0.25) is 0 Å². The van der Waals surface area contributed by atoms with Crippen molar-refractivity contribution in [3.05, 3.63) is 48.5 Å². The van der Waals surface area contributed by atoms with Gasteiger partial charge in [0.05, 0.1) is 25.2 Å². The molecule has 1 aliphatic heterocycles. The number of imidazole rings is 1. The van der Waals surface area contributed by atoms with E-state index in [4.69, 9.17) is 10.5 Å². The molecule has 1 aromatic heterocycles. The molecule has 2 heterocycles. The van der Waals surface area contributed by atoms with Crippen LogP contribution < -0.4 is 11.1 Å². The Balaban J connectivity index is 0.00000280. The van der Waals surface area contributed by atoms with E-state index in [2.05, 4.69) is 15.3 Å². The standard InChI is InChI=1S/C19H26N6O2.HI/c1-2-27-19(26)24-10-7-16(8-11-24)23-18(20)22-13-15-5-3-4-6-17(15)25-12-9-21-14-25;/h3-6,9,12,14,16H,2,7-8,10-11,13H2,1H3,(H3,20,22,23);1H. The Hall–Kier alpha value is -2.30. The molecular formula is C19H27IN6O2. The van der Waals surface area contributed by atoms with Crippen molar-refractivity contribution >= 4 is 36.0 Å². The number of aliphatic imine (C=N–C) groups is 1. The highest BCUT2D eigenvalue weighted by atomic mass is 127. The number of hydrogen-bond acceptors (Lipinski definition) is 4. The minimum atomic E-state index is -0.242. The van der Waals surface area contributed by atoms with Crippen LogP contribution in [0.25, 0.3) is 5.69 Å². The molecular weight excluding hydrogens is 471 g/mol. The predicted molar refractivity (Wildman–Crippen MR) is 119 cm³/mol. The van der Waals surface area contributed by atoms with Crippen LogP contribution in [0.1, 0.15) is 25.3 Å². The first kappa shape index (κ1) is 22.0. The molecule has 3 rings (SSSR count). The Morgan fingerprint density at radius 2 is 2.11 bits per heavy atom. The molecule has 1 aromatic carbocycles. The minimum absolute atomic E-state index is 0. The maximum atomic E-state index is 11.7. The molecule has 0 saturated carbocycles. The van der Waals surface area contributed by atoms with E-state index in [0.717, 1.165) is 24.1 Å². The minimum Gasteiger partial charge on any atom is -0.450 e.